The van der Waals surface area contributed by atoms with Crippen LogP contribution in [0.2, 0.25) is 0 Å². The van der Waals surface area contributed by atoms with Gasteiger partial charge in [0.15, 0.2) is 0 Å². The summed E-state index contributed by atoms with van der Waals surface area (Å²) in [6.45, 7) is 8.00. The van der Waals surface area contributed by atoms with E-state index >= 15 is 0 Å². The van der Waals surface area contributed by atoms with E-state index < -0.39 is 0 Å². The van der Waals surface area contributed by atoms with Crippen LogP contribution in [0.4, 0.5) is 0 Å². The topological polar surface area (TPSA) is 30.5 Å². The van der Waals surface area contributed by atoms with Crippen molar-refractivity contribution in [2.24, 2.45) is 0 Å². The van der Waals surface area contributed by atoms with Crippen molar-refractivity contribution in [3.8, 4) is 5.75 Å². The molecule has 0 bridgehead atoms. The molecular formula is C14H21Br2NO2. The lowest BCUT2D eigenvalue weighted by atomic mass is 10.2. The minimum Gasteiger partial charge on any atom is -0.492 e. The smallest absolute Gasteiger partial charge is 0.138 e. The van der Waals surface area contributed by atoms with Crippen molar-refractivity contribution in [2.45, 2.75) is 26.8 Å². The Morgan fingerprint density at radius 3 is 2.63 bits per heavy atom. The summed E-state index contributed by atoms with van der Waals surface area (Å²) in [5.41, 5.74) is 1.15. The van der Waals surface area contributed by atoms with E-state index in [1.807, 2.05) is 19.9 Å². The van der Waals surface area contributed by atoms with E-state index in [0.29, 0.717) is 6.61 Å². The Bertz CT molecular complexity index is 386. The van der Waals surface area contributed by atoms with Gasteiger partial charge in [-0.25, -0.2) is 0 Å². The second-order valence-corrected chi connectivity index (χ2v) is 5.81. The molecule has 1 aromatic carbocycles. The van der Waals surface area contributed by atoms with Gasteiger partial charge in [-0.1, -0.05) is 15.9 Å². The Hall–Kier alpha value is -0.100. The molecule has 0 aromatic heterocycles. The lowest BCUT2D eigenvalue weighted by Gasteiger charge is -2.13. The maximum Gasteiger partial charge on any atom is 0.138 e. The lowest BCUT2D eigenvalue weighted by Crippen LogP contribution is -2.17. The Balaban J connectivity index is 2.51. The molecule has 0 radical (unpaired) electrons. The molecule has 1 rings (SSSR count). The highest BCUT2D eigenvalue weighted by Crippen LogP contribution is 2.32. The fourth-order valence-corrected chi connectivity index (χ4v) is 3.15. The van der Waals surface area contributed by atoms with Gasteiger partial charge < -0.3 is 14.8 Å². The normalized spacial score (nSPS) is 10.7. The van der Waals surface area contributed by atoms with Gasteiger partial charge in [0, 0.05) is 29.8 Å². The van der Waals surface area contributed by atoms with Crippen molar-refractivity contribution in [1.82, 2.24) is 5.32 Å². The summed E-state index contributed by atoms with van der Waals surface area (Å²) in [6.07, 6.45) is 1.02. The summed E-state index contributed by atoms with van der Waals surface area (Å²) in [5.74, 6) is 0.919. The number of halogens is 2. The molecule has 0 aliphatic carbocycles. The average Bonchev–Trinajstić information content (AvgIpc) is 2.37. The molecule has 0 unspecified atom stereocenters. The van der Waals surface area contributed by atoms with Crippen LogP contribution in [0.15, 0.2) is 21.1 Å². The summed E-state index contributed by atoms with van der Waals surface area (Å²) in [5, 5.41) is 3.41. The first-order valence-corrected chi connectivity index (χ1v) is 8.16. The summed E-state index contributed by atoms with van der Waals surface area (Å²) < 4.78 is 13.0. The van der Waals surface area contributed by atoms with Crippen LogP contribution in [0.5, 0.6) is 5.75 Å². The number of nitrogens with one attached hydrogen (secondary N) is 1. The number of ether oxygens (including phenoxy) is 2. The summed E-state index contributed by atoms with van der Waals surface area (Å²) in [6, 6.07) is 4.09. The van der Waals surface area contributed by atoms with Gasteiger partial charge in [0.05, 0.1) is 11.1 Å². The molecule has 0 saturated heterocycles. The summed E-state index contributed by atoms with van der Waals surface area (Å²) in [4.78, 5) is 0. The number of benzene rings is 1. The van der Waals surface area contributed by atoms with Crippen LogP contribution in [0.25, 0.3) is 0 Å². The molecule has 1 aromatic rings. The van der Waals surface area contributed by atoms with E-state index in [9.17, 15) is 0 Å². The molecule has 5 heteroatoms. The minimum atomic E-state index is 0.664. The lowest BCUT2D eigenvalue weighted by molar-refractivity contribution is 0.144. The highest BCUT2D eigenvalue weighted by atomic mass is 79.9. The van der Waals surface area contributed by atoms with Crippen LogP contribution in [0.1, 0.15) is 25.8 Å². The van der Waals surface area contributed by atoms with Gasteiger partial charge in [-0.05, 0) is 54.9 Å². The first-order chi connectivity index (χ1) is 9.19. The van der Waals surface area contributed by atoms with Gasteiger partial charge >= 0.3 is 0 Å². The van der Waals surface area contributed by atoms with Crippen LogP contribution in [0, 0.1) is 0 Å². The van der Waals surface area contributed by atoms with E-state index in [1.54, 1.807) is 0 Å². The van der Waals surface area contributed by atoms with Gasteiger partial charge in [-0.2, -0.15) is 0 Å². The molecule has 0 aliphatic rings. The van der Waals surface area contributed by atoms with E-state index in [0.717, 1.165) is 53.0 Å². The van der Waals surface area contributed by atoms with Crippen molar-refractivity contribution in [1.29, 1.82) is 0 Å². The van der Waals surface area contributed by atoms with E-state index in [4.69, 9.17) is 9.47 Å². The quantitative estimate of drug-likeness (QED) is 0.639. The van der Waals surface area contributed by atoms with Crippen LogP contribution in [0.3, 0.4) is 0 Å². The summed E-state index contributed by atoms with van der Waals surface area (Å²) >= 11 is 7.05. The molecule has 19 heavy (non-hydrogen) atoms. The van der Waals surface area contributed by atoms with Crippen molar-refractivity contribution < 1.29 is 9.47 Å². The molecule has 0 saturated carbocycles. The average molecular weight is 395 g/mol. The molecular weight excluding hydrogens is 374 g/mol. The standard InChI is InChI=1S/C14H21Br2NO2/c1-3-18-7-5-6-17-10-11-8-12(15)9-13(16)14(11)19-4-2/h8-9,17H,3-7,10H2,1-2H3. The predicted octanol–water partition coefficient (Wildman–Crippen LogP) is 4.13. The summed E-state index contributed by atoms with van der Waals surface area (Å²) in [7, 11) is 0. The Kier molecular flexibility index (Phi) is 8.70. The first-order valence-electron chi connectivity index (χ1n) is 6.58. The zero-order chi connectivity index (χ0) is 14.1. The zero-order valence-electron chi connectivity index (χ0n) is 11.5. The molecule has 0 amide bonds. The van der Waals surface area contributed by atoms with Crippen LogP contribution in [-0.4, -0.2) is 26.4 Å². The molecule has 0 fully saturated rings. The molecule has 0 heterocycles. The molecule has 1 N–H and O–H groups in total. The van der Waals surface area contributed by atoms with Crippen molar-refractivity contribution in [3.05, 3.63) is 26.6 Å². The highest BCUT2D eigenvalue weighted by Gasteiger charge is 2.09. The minimum absolute atomic E-state index is 0.664. The predicted molar refractivity (Wildman–Crippen MR) is 85.8 cm³/mol. The second kappa shape index (κ2) is 9.75. The van der Waals surface area contributed by atoms with Crippen LogP contribution < -0.4 is 10.1 Å². The fourth-order valence-electron chi connectivity index (χ4n) is 1.72. The van der Waals surface area contributed by atoms with Gasteiger partial charge in [0.25, 0.3) is 0 Å². The Labute approximate surface area is 132 Å². The molecule has 3 nitrogen and oxygen atoms in total. The third kappa shape index (κ3) is 6.25. The van der Waals surface area contributed by atoms with E-state index in [-0.39, 0.29) is 0 Å². The highest BCUT2D eigenvalue weighted by molar-refractivity contribution is 9.11. The third-order valence-corrected chi connectivity index (χ3v) is 3.58. The van der Waals surface area contributed by atoms with Gasteiger partial charge in [-0.3, -0.25) is 0 Å². The van der Waals surface area contributed by atoms with Crippen molar-refractivity contribution >= 4 is 31.9 Å². The van der Waals surface area contributed by atoms with Gasteiger partial charge in [0.1, 0.15) is 5.75 Å². The molecule has 0 spiro atoms. The maximum absolute atomic E-state index is 5.69. The van der Waals surface area contributed by atoms with E-state index in [1.165, 1.54) is 0 Å². The Morgan fingerprint density at radius 2 is 1.95 bits per heavy atom. The Morgan fingerprint density at radius 1 is 1.16 bits per heavy atom. The van der Waals surface area contributed by atoms with Gasteiger partial charge in [-0.15, -0.1) is 0 Å². The largest absolute Gasteiger partial charge is 0.492 e. The van der Waals surface area contributed by atoms with Crippen LogP contribution >= 0.6 is 31.9 Å². The third-order valence-electron chi connectivity index (χ3n) is 2.54. The first kappa shape index (κ1) is 17.0. The van der Waals surface area contributed by atoms with Crippen LogP contribution in [-0.2, 0) is 11.3 Å². The molecule has 0 atom stereocenters. The van der Waals surface area contributed by atoms with E-state index in [2.05, 4.69) is 43.2 Å². The SMILES string of the molecule is CCOCCCNCc1cc(Br)cc(Br)c1OCC. The second-order valence-electron chi connectivity index (χ2n) is 4.04. The van der Waals surface area contributed by atoms with Crippen molar-refractivity contribution in [3.63, 3.8) is 0 Å². The fraction of sp³-hybridized carbons (Fsp3) is 0.571. The van der Waals surface area contributed by atoms with Gasteiger partial charge in [0.2, 0.25) is 0 Å². The monoisotopic (exact) mass is 393 g/mol. The number of hydrogen-bond acceptors (Lipinski definition) is 3. The number of hydrogen-bond donors (Lipinski definition) is 1. The molecule has 0 aliphatic heterocycles. The zero-order valence-corrected chi connectivity index (χ0v) is 14.6. The molecule has 108 valence electrons. The maximum atomic E-state index is 5.69. The van der Waals surface area contributed by atoms with Crippen molar-refractivity contribution in [2.75, 3.05) is 26.4 Å². The number of rotatable bonds is 9.